The summed E-state index contributed by atoms with van der Waals surface area (Å²) in [6.07, 6.45) is 1.41. The molecule has 0 radical (unpaired) electrons. The summed E-state index contributed by atoms with van der Waals surface area (Å²) in [5.74, 6) is -1.02. The van der Waals surface area contributed by atoms with Gasteiger partial charge in [-0.15, -0.1) is 0 Å². The van der Waals surface area contributed by atoms with Gasteiger partial charge in [0, 0.05) is 23.5 Å². The van der Waals surface area contributed by atoms with Gasteiger partial charge in [0.05, 0.1) is 23.4 Å². The van der Waals surface area contributed by atoms with Gasteiger partial charge in [-0.25, -0.2) is 9.69 Å². The largest absolute Gasteiger partial charge is 0.497 e. The van der Waals surface area contributed by atoms with E-state index in [2.05, 4.69) is 5.32 Å². The SMILES string of the molecule is COc1ccc(N2C(=O)NC(=O)/C(=C/c3cc(C)n(-c4cccc([N+](=O)[O-])c4)c3C)C2=O)cc1. The topological polar surface area (TPSA) is 124 Å². The Morgan fingerprint density at radius 3 is 2.35 bits per heavy atom. The molecule has 2 heterocycles. The van der Waals surface area contributed by atoms with E-state index in [1.54, 1.807) is 41.8 Å². The van der Waals surface area contributed by atoms with Crippen LogP contribution < -0.4 is 15.0 Å². The van der Waals surface area contributed by atoms with Crippen molar-refractivity contribution in [2.75, 3.05) is 12.0 Å². The number of hydrogen-bond acceptors (Lipinski definition) is 6. The minimum atomic E-state index is -0.848. The highest BCUT2D eigenvalue weighted by atomic mass is 16.6. The molecule has 1 N–H and O–H groups in total. The Morgan fingerprint density at radius 1 is 1.00 bits per heavy atom. The van der Waals surface area contributed by atoms with Gasteiger partial charge < -0.3 is 9.30 Å². The Hall–Kier alpha value is -4.73. The number of carbonyl (C=O) groups is 3. The lowest BCUT2D eigenvalue weighted by Crippen LogP contribution is -2.54. The number of rotatable bonds is 5. The molecule has 2 aromatic carbocycles. The number of anilines is 1. The Labute approximate surface area is 194 Å². The molecule has 10 heteroatoms. The highest BCUT2D eigenvalue weighted by Gasteiger charge is 2.37. The van der Waals surface area contributed by atoms with E-state index in [-0.39, 0.29) is 16.9 Å². The minimum Gasteiger partial charge on any atom is -0.497 e. The first-order valence-corrected chi connectivity index (χ1v) is 10.2. The number of non-ortho nitro benzene ring substituents is 1. The summed E-state index contributed by atoms with van der Waals surface area (Å²) in [6.45, 7) is 3.58. The first-order valence-electron chi connectivity index (χ1n) is 10.2. The molecule has 3 aromatic rings. The molecule has 1 aliphatic rings. The van der Waals surface area contributed by atoms with Gasteiger partial charge in [0.2, 0.25) is 0 Å². The lowest BCUT2D eigenvalue weighted by molar-refractivity contribution is -0.384. The number of aryl methyl sites for hydroxylation is 1. The van der Waals surface area contributed by atoms with Crippen molar-refractivity contribution in [3.05, 3.63) is 87.2 Å². The second kappa shape index (κ2) is 8.66. The number of nitro benzene ring substituents is 1. The van der Waals surface area contributed by atoms with Gasteiger partial charge in [-0.3, -0.25) is 25.0 Å². The average Bonchev–Trinajstić information content (AvgIpc) is 3.09. The number of methoxy groups -OCH3 is 1. The van der Waals surface area contributed by atoms with Gasteiger partial charge in [0.15, 0.2) is 0 Å². The van der Waals surface area contributed by atoms with Crippen LogP contribution in [0.4, 0.5) is 16.2 Å². The molecule has 0 bridgehead atoms. The van der Waals surface area contributed by atoms with E-state index in [4.69, 9.17) is 4.74 Å². The summed E-state index contributed by atoms with van der Waals surface area (Å²) < 4.78 is 6.89. The highest BCUT2D eigenvalue weighted by Crippen LogP contribution is 2.28. The van der Waals surface area contributed by atoms with Crippen LogP contribution in [0.15, 0.2) is 60.2 Å². The van der Waals surface area contributed by atoms with Crippen LogP contribution in [0, 0.1) is 24.0 Å². The normalized spacial score (nSPS) is 15.0. The van der Waals surface area contributed by atoms with Crippen molar-refractivity contribution in [3.63, 3.8) is 0 Å². The number of amides is 4. The van der Waals surface area contributed by atoms with Gasteiger partial charge in [-0.1, -0.05) is 6.07 Å². The Bertz CT molecular complexity index is 1370. The zero-order valence-electron chi connectivity index (χ0n) is 18.6. The van der Waals surface area contributed by atoms with E-state index in [9.17, 15) is 24.5 Å². The van der Waals surface area contributed by atoms with Crippen molar-refractivity contribution in [1.82, 2.24) is 9.88 Å². The molecule has 34 heavy (non-hydrogen) atoms. The molecule has 0 saturated carbocycles. The summed E-state index contributed by atoms with van der Waals surface area (Å²) in [7, 11) is 1.50. The molecule has 1 saturated heterocycles. The number of aromatic nitrogens is 1. The van der Waals surface area contributed by atoms with Crippen LogP contribution >= 0.6 is 0 Å². The van der Waals surface area contributed by atoms with Crippen molar-refractivity contribution in [1.29, 1.82) is 0 Å². The van der Waals surface area contributed by atoms with Crippen LogP contribution in [-0.4, -0.2) is 34.4 Å². The monoisotopic (exact) mass is 460 g/mol. The van der Waals surface area contributed by atoms with Gasteiger partial charge >= 0.3 is 6.03 Å². The van der Waals surface area contributed by atoms with E-state index in [1.165, 1.54) is 37.5 Å². The minimum absolute atomic E-state index is 0.0552. The summed E-state index contributed by atoms with van der Waals surface area (Å²) in [5.41, 5.74) is 2.56. The second-order valence-electron chi connectivity index (χ2n) is 7.59. The fourth-order valence-corrected chi connectivity index (χ4v) is 3.86. The van der Waals surface area contributed by atoms with E-state index in [0.29, 0.717) is 22.7 Å². The molecular formula is C24H20N4O6. The number of urea groups is 1. The quantitative estimate of drug-likeness (QED) is 0.268. The predicted octanol–water partition coefficient (Wildman–Crippen LogP) is 3.68. The molecule has 172 valence electrons. The van der Waals surface area contributed by atoms with Gasteiger partial charge in [-0.05, 0) is 61.9 Å². The smallest absolute Gasteiger partial charge is 0.335 e. The lowest BCUT2D eigenvalue weighted by Gasteiger charge is -2.26. The summed E-state index contributed by atoms with van der Waals surface area (Å²) in [4.78, 5) is 49.7. The zero-order valence-corrected chi connectivity index (χ0v) is 18.6. The highest BCUT2D eigenvalue weighted by molar-refractivity contribution is 6.39. The molecule has 4 rings (SSSR count). The first kappa shape index (κ1) is 22.5. The van der Waals surface area contributed by atoms with Gasteiger partial charge in [-0.2, -0.15) is 0 Å². The lowest BCUT2D eigenvalue weighted by atomic mass is 10.1. The maximum absolute atomic E-state index is 13.2. The number of benzene rings is 2. The fraction of sp³-hybridized carbons (Fsp3) is 0.125. The van der Waals surface area contributed by atoms with E-state index in [0.717, 1.165) is 10.6 Å². The summed E-state index contributed by atoms with van der Waals surface area (Å²) in [6, 6.07) is 13.3. The van der Waals surface area contributed by atoms with Crippen molar-refractivity contribution < 1.29 is 24.0 Å². The fourth-order valence-electron chi connectivity index (χ4n) is 3.86. The van der Waals surface area contributed by atoms with Crippen molar-refractivity contribution in [3.8, 4) is 11.4 Å². The molecule has 1 aromatic heterocycles. The molecular weight excluding hydrogens is 440 g/mol. The van der Waals surface area contributed by atoms with Crippen molar-refractivity contribution >= 4 is 35.3 Å². The number of barbiturate groups is 1. The van der Waals surface area contributed by atoms with Crippen LogP contribution in [0.1, 0.15) is 17.0 Å². The number of ether oxygens (including phenoxy) is 1. The molecule has 10 nitrogen and oxygen atoms in total. The molecule has 4 amide bonds. The van der Waals surface area contributed by atoms with Crippen LogP contribution in [0.5, 0.6) is 5.75 Å². The number of imide groups is 2. The average molecular weight is 460 g/mol. The maximum Gasteiger partial charge on any atom is 0.335 e. The van der Waals surface area contributed by atoms with Crippen LogP contribution in [0.3, 0.4) is 0 Å². The third kappa shape index (κ3) is 3.92. The van der Waals surface area contributed by atoms with Crippen molar-refractivity contribution in [2.45, 2.75) is 13.8 Å². The standard InChI is InChI=1S/C24H20N4O6/c1-14-11-16(15(2)26(14)18-5-4-6-19(13-18)28(32)33)12-21-22(29)25-24(31)27(23(21)30)17-7-9-20(34-3)10-8-17/h4-13H,1-3H3,(H,25,29,31)/b21-12-. The van der Waals surface area contributed by atoms with E-state index in [1.807, 2.05) is 6.92 Å². The third-order valence-corrected chi connectivity index (χ3v) is 5.50. The zero-order chi connectivity index (χ0) is 24.6. The number of carbonyl (C=O) groups excluding carboxylic acids is 3. The summed E-state index contributed by atoms with van der Waals surface area (Å²) >= 11 is 0. The molecule has 1 aliphatic heterocycles. The van der Waals surface area contributed by atoms with Gasteiger partial charge in [0.1, 0.15) is 11.3 Å². The third-order valence-electron chi connectivity index (χ3n) is 5.50. The predicted molar refractivity (Wildman–Crippen MR) is 124 cm³/mol. The van der Waals surface area contributed by atoms with E-state index < -0.39 is 22.8 Å². The maximum atomic E-state index is 13.2. The first-order chi connectivity index (χ1) is 16.2. The molecule has 0 spiro atoms. The summed E-state index contributed by atoms with van der Waals surface area (Å²) in [5, 5.41) is 13.4. The van der Waals surface area contributed by atoms with Crippen LogP contribution in [0.2, 0.25) is 0 Å². The number of nitro groups is 1. The Balaban J connectivity index is 1.74. The molecule has 0 unspecified atom stereocenters. The van der Waals surface area contributed by atoms with E-state index >= 15 is 0 Å². The number of nitrogens with one attached hydrogen (secondary N) is 1. The Kier molecular flexibility index (Phi) is 5.72. The van der Waals surface area contributed by atoms with Crippen LogP contribution in [-0.2, 0) is 9.59 Å². The van der Waals surface area contributed by atoms with Gasteiger partial charge in [0.25, 0.3) is 17.5 Å². The number of hydrogen-bond donors (Lipinski definition) is 1. The molecule has 0 aliphatic carbocycles. The van der Waals surface area contributed by atoms with Crippen molar-refractivity contribution in [2.24, 2.45) is 0 Å². The van der Waals surface area contributed by atoms with Crippen LogP contribution in [0.25, 0.3) is 11.8 Å². The second-order valence-corrected chi connectivity index (χ2v) is 7.59. The molecule has 1 fully saturated rings. The molecule has 0 atom stereocenters. The number of nitrogens with zero attached hydrogens (tertiary/aromatic N) is 3. The Morgan fingerprint density at radius 2 is 1.71 bits per heavy atom.